The summed E-state index contributed by atoms with van der Waals surface area (Å²) in [6.45, 7) is 4.29. The van der Waals surface area contributed by atoms with Gasteiger partial charge in [-0.1, -0.05) is 6.07 Å². The van der Waals surface area contributed by atoms with Gasteiger partial charge in [-0.25, -0.2) is 0 Å². The third-order valence-corrected chi connectivity index (χ3v) is 5.42. The molecule has 0 spiro atoms. The first kappa shape index (κ1) is 16.3. The molecule has 5 heteroatoms. The van der Waals surface area contributed by atoms with Crippen LogP contribution in [0, 0.1) is 5.92 Å². The molecule has 0 aliphatic carbocycles. The van der Waals surface area contributed by atoms with Crippen LogP contribution in [0.25, 0.3) is 0 Å². The maximum absolute atomic E-state index is 9.72. The molecule has 2 saturated heterocycles. The molecule has 1 aromatic carbocycles. The molecule has 5 nitrogen and oxygen atoms in total. The van der Waals surface area contributed by atoms with Gasteiger partial charge in [0.15, 0.2) is 12.6 Å². The average Bonchev–Trinajstić information content (AvgIpc) is 3.02. The van der Waals surface area contributed by atoms with Crippen molar-refractivity contribution in [1.82, 2.24) is 0 Å². The Kier molecular flexibility index (Phi) is 5.03. The Balaban J connectivity index is 1.27. The first-order valence-corrected chi connectivity index (χ1v) is 9.20. The lowest BCUT2D eigenvalue weighted by atomic mass is 9.97. The summed E-state index contributed by atoms with van der Waals surface area (Å²) in [6, 6.07) is 6.26. The van der Waals surface area contributed by atoms with Gasteiger partial charge in [-0.2, -0.15) is 0 Å². The van der Waals surface area contributed by atoms with Crippen LogP contribution in [0.1, 0.15) is 49.5 Å². The quantitative estimate of drug-likeness (QED) is 0.918. The van der Waals surface area contributed by atoms with Crippen molar-refractivity contribution in [2.75, 3.05) is 31.2 Å². The number of fused-ring (bicyclic) bond motifs is 1. The zero-order valence-corrected chi connectivity index (χ0v) is 14.2. The highest BCUT2D eigenvalue weighted by atomic mass is 16.7. The van der Waals surface area contributed by atoms with E-state index in [2.05, 4.69) is 17.0 Å². The molecule has 2 unspecified atom stereocenters. The summed E-state index contributed by atoms with van der Waals surface area (Å²) in [5.41, 5.74) is 3.26. The second kappa shape index (κ2) is 7.40. The molecule has 0 aromatic heterocycles. The molecule has 4 rings (SSSR count). The summed E-state index contributed by atoms with van der Waals surface area (Å²) in [7, 11) is 0. The summed E-state index contributed by atoms with van der Waals surface area (Å²) < 4.78 is 16.9. The first-order valence-electron chi connectivity index (χ1n) is 9.20. The van der Waals surface area contributed by atoms with Gasteiger partial charge in [-0.05, 0) is 55.7 Å². The van der Waals surface area contributed by atoms with E-state index in [0.29, 0.717) is 12.5 Å². The minimum Gasteiger partial charge on any atom is -0.372 e. The minimum absolute atomic E-state index is 0.0277. The molecule has 0 radical (unpaired) electrons. The van der Waals surface area contributed by atoms with Crippen LogP contribution in [0.3, 0.4) is 0 Å². The Hall–Kier alpha value is -1.14. The van der Waals surface area contributed by atoms with Crippen molar-refractivity contribution in [3.63, 3.8) is 0 Å². The molecule has 1 N–H and O–H groups in total. The Morgan fingerprint density at radius 3 is 2.79 bits per heavy atom. The van der Waals surface area contributed by atoms with Gasteiger partial charge in [0.1, 0.15) is 0 Å². The maximum atomic E-state index is 9.72. The van der Waals surface area contributed by atoms with E-state index in [-0.39, 0.29) is 6.29 Å². The van der Waals surface area contributed by atoms with Crippen LogP contribution in [0.4, 0.5) is 5.69 Å². The zero-order chi connectivity index (χ0) is 16.4. The van der Waals surface area contributed by atoms with Crippen molar-refractivity contribution >= 4 is 5.69 Å². The molecule has 1 aromatic rings. The lowest BCUT2D eigenvalue weighted by molar-refractivity contribution is -0.169. The van der Waals surface area contributed by atoms with Crippen LogP contribution >= 0.6 is 0 Å². The minimum atomic E-state index is -0.751. The molecule has 0 amide bonds. The third-order valence-electron chi connectivity index (χ3n) is 5.42. The standard InChI is InChI=1S/C19H27NO4/c21-19-17-5-4-16(11-15(17)13-24-19)20-8-6-14(7-9-20)12-23-18-3-1-2-10-22-18/h4-5,11,14,18-19,21H,1-3,6-10,12-13H2. The molecule has 3 aliphatic heterocycles. The van der Waals surface area contributed by atoms with Crippen molar-refractivity contribution in [2.24, 2.45) is 5.92 Å². The number of hydrogen-bond acceptors (Lipinski definition) is 5. The number of aliphatic hydroxyl groups excluding tert-OH is 1. The van der Waals surface area contributed by atoms with E-state index in [1.54, 1.807) is 0 Å². The molecular weight excluding hydrogens is 306 g/mol. The van der Waals surface area contributed by atoms with E-state index in [4.69, 9.17) is 14.2 Å². The van der Waals surface area contributed by atoms with Gasteiger partial charge in [0.25, 0.3) is 0 Å². The predicted molar refractivity (Wildman–Crippen MR) is 90.7 cm³/mol. The summed E-state index contributed by atoms with van der Waals surface area (Å²) >= 11 is 0. The van der Waals surface area contributed by atoms with Gasteiger partial charge in [0.05, 0.1) is 13.2 Å². The highest BCUT2D eigenvalue weighted by Gasteiger charge is 2.25. The largest absolute Gasteiger partial charge is 0.372 e. The van der Waals surface area contributed by atoms with E-state index in [0.717, 1.165) is 56.7 Å². The van der Waals surface area contributed by atoms with Crippen molar-refractivity contribution in [2.45, 2.75) is 51.3 Å². The molecule has 24 heavy (non-hydrogen) atoms. The number of aliphatic hydroxyl groups is 1. The molecular formula is C19H27NO4. The first-order chi connectivity index (χ1) is 11.8. The predicted octanol–water partition coefficient (Wildman–Crippen LogP) is 2.97. The number of nitrogens with zero attached hydrogens (tertiary/aromatic N) is 1. The lowest BCUT2D eigenvalue weighted by Crippen LogP contribution is -2.36. The molecule has 132 valence electrons. The van der Waals surface area contributed by atoms with Gasteiger partial charge in [-0.3, -0.25) is 0 Å². The highest BCUT2D eigenvalue weighted by Crippen LogP contribution is 2.33. The fourth-order valence-corrected chi connectivity index (χ4v) is 3.86. The molecule has 3 heterocycles. The third kappa shape index (κ3) is 3.59. The Labute approximate surface area is 143 Å². The van der Waals surface area contributed by atoms with Gasteiger partial charge in [0, 0.05) is 30.9 Å². The van der Waals surface area contributed by atoms with Crippen molar-refractivity contribution in [1.29, 1.82) is 0 Å². The van der Waals surface area contributed by atoms with Crippen molar-refractivity contribution in [3.8, 4) is 0 Å². The number of benzene rings is 1. The summed E-state index contributed by atoms with van der Waals surface area (Å²) in [5, 5.41) is 9.72. The summed E-state index contributed by atoms with van der Waals surface area (Å²) in [6.07, 6.45) is 5.02. The number of anilines is 1. The highest BCUT2D eigenvalue weighted by molar-refractivity contribution is 5.52. The van der Waals surface area contributed by atoms with Gasteiger partial charge >= 0.3 is 0 Å². The normalized spacial score (nSPS) is 28.1. The smallest absolute Gasteiger partial charge is 0.181 e. The zero-order valence-electron chi connectivity index (χ0n) is 14.2. The van der Waals surface area contributed by atoms with Gasteiger partial charge < -0.3 is 24.2 Å². The van der Waals surface area contributed by atoms with Crippen LogP contribution in [-0.2, 0) is 20.8 Å². The van der Waals surface area contributed by atoms with Crippen LogP contribution in [0.5, 0.6) is 0 Å². The Bertz CT molecular complexity index is 550. The monoisotopic (exact) mass is 333 g/mol. The molecule has 2 fully saturated rings. The maximum Gasteiger partial charge on any atom is 0.181 e. The Morgan fingerprint density at radius 1 is 1.12 bits per heavy atom. The SMILES string of the molecule is OC1OCc2cc(N3CCC(COC4CCCCO4)CC3)ccc21. The van der Waals surface area contributed by atoms with Crippen LogP contribution in [0.15, 0.2) is 18.2 Å². The average molecular weight is 333 g/mol. The Morgan fingerprint density at radius 2 is 2.00 bits per heavy atom. The van der Waals surface area contributed by atoms with E-state index >= 15 is 0 Å². The number of piperidine rings is 1. The topological polar surface area (TPSA) is 51.2 Å². The van der Waals surface area contributed by atoms with E-state index in [9.17, 15) is 5.11 Å². The fourth-order valence-electron chi connectivity index (χ4n) is 3.86. The van der Waals surface area contributed by atoms with E-state index < -0.39 is 6.29 Å². The second-order valence-corrected chi connectivity index (χ2v) is 7.11. The van der Waals surface area contributed by atoms with Crippen LogP contribution in [0.2, 0.25) is 0 Å². The fraction of sp³-hybridized carbons (Fsp3) is 0.684. The van der Waals surface area contributed by atoms with Gasteiger partial charge in [-0.15, -0.1) is 0 Å². The molecule has 0 saturated carbocycles. The van der Waals surface area contributed by atoms with E-state index in [1.807, 2.05) is 6.07 Å². The number of rotatable bonds is 4. The van der Waals surface area contributed by atoms with E-state index in [1.165, 1.54) is 18.5 Å². The summed E-state index contributed by atoms with van der Waals surface area (Å²) in [5.74, 6) is 0.631. The van der Waals surface area contributed by atoms with Crippen molar-refractivity contribution in [3.05, 3.63) is 29.3 Å². The number of hydrogen-bond donors (Lipinski definition) is 1. The number of ether oxygens (including phenoxy) is 3. The van der Waals surface area contributed by atoms with Crippen molar-refractivity contribution < 1.29 is 19.3 Å². The molecule has 2 atom stereocenters. The van der Waals surface area contributed by atoms with Crippen LogP contribution < -0.4 is 4.90 Å². The van der Waals surface area contributed by atoms with Gasteiger partial charge in [0.2, 0.25) is 0 Å². The second-order valence-electron chi connectivity index (χ2n) is 7.11. The lowest BCUT2D eigenvalue weighted by Gasteiger charge is -2.34. The van der Waals surface area contributed by atoms with Crippen LogP contribution in [-0.4, -0.2) is 37.7 Å². The molecule has 3 aliphatic rings. The molecule has 0 bridgehead atoms. The summed E-state index contributed by atoms with van der Waals surface area (Å²) in [4.78, 5) is 2.43.